The highest BCUT2D eigenvalue weighted by molar-refractivity contribution is 7.11. The van der Waals surface area contributed by atoms with Crippen LogP contribution in [-0.4, -0.2) is 21.7 Å². The van der Waals surface area contributed by atoms with E-state index in [9.17, 15) is 9.59 Å². The van der Waals surface area contributed by atoms with Gasteiger partial charge in [0, 0.05) is 40.8 Å². The Morgan fingerprint density at radius 3 is 2.61 bits per heavy atom. The predicted molar refractivity (Wildman–Crippen MR) is 111 cm³/mol. The number of carbonyl (C=O) groups excluding carboxylic acids is 2. The minimum Gasteiger partial charge on any atom is -0.348 e. The quantitative estimate of drug-likeness (QED) is 0.576. The lowest BCUT2D eigenvalue weighted by Crippen LogP contribution is -2.23. The molecule has 3 aromatic rings. The number of amides is 1. The summed E-state index contributed by atoms with van der Waals surface area (Å²) >= 11 is 7.67. The van der Waals surface area contributed by atoms with E-state index in [1.165, 1.54) is 0 Å². The van der Waals surface area contributed by atoms with Crippen molar-refractivity contribution < 1.29 is 9.59 Å². The lowest BCUT2D eigenvalue weighted by molar-refractivity contribution is 0.0947. The van der Waals surface area contributed by atoms with Crippen LogP contribution in [0.4, 0.5) is 0 Å². The van der Waals surface area contributed by atoms with Crippen LogP contribution in [0.2, 0.25) is 5.02 Å². The molecule has 2 aromatic heterocycles. The third-order valence-corrected chi connectivity index (χ3v) is 5.73. The normalized spacial score (nSPS) is 10.7. The molecule has 3 rings (SSSR count). The molecule has 7 heteroatoms. The number of Topliss-reactive ketones (excluding diaryl/α,β-unsaturated/α-hetero) is 1. The van der Waals surface area contributed by atoms with Crippen molar-refractivity contribution in [3.05, 3.63) is 80.0 Å². The van der Waals surface area contributed by atoms with Crippen LogP contribution in [0.25, 0.3) is 0 Å². The summed E-state index contributed by atoms with van der Waals surface area (Å²) in [4.78, 5) is 34.2. The number of pyridine rings is 1. The number of halogens is 1. The highest BCUT2D eigenvalue weighted by Crippen LogP contribution is 2.19. The molecule has 5 nitrogen and oxygen atoms in total. The standard InChI is InChI=1S/C21H20ClN3O2S/c1-13-17(4-3-5-18(13)22)21(27)25-11-15-6-8-19(24-10-15)20(26)9-7-16-12-23-14(2)28-16/h3-6,8,10,12H,7,9,11H2,1-2H3,(H,25,27). The molecule has 0 aliphatic carbocycles. The molecule has 1 N–H and O–H groups in total. The fourth-order valence-corrected chi connectivity index (χ4v) is 3.68. The van der Waals surface area contributed by atoms with Gasteiger partial charge in [0.2, 0.25) is 0 Å². The van der Waals surface area contributed by atoms with Crippen LogP contribution in [0.1, 0.15) is 48.3 Å². The second-order valence-corrected chi connectivity index (χ2v) is 8.14. The number of aryl methyl sites for hydroxylation is 2. The lowest BCUT2D eigenvalue weighted by atomic mass is 10.1. The van der Waals surface area contributed by atoms with Crippen molar-refractivity contribution in [3.63, 3.8) is 0 Å². The summed E-state index contributed by atoms with van der Waals surface area (Å²) in [7, 11) is 0. The number of rotatable bonds is 7. The van der Waals surface area contributed by atoms with Crippen molar-refractivity contribution in [3.8, 4) is 0 Å². The number of aromatic nitrogens is 2. The molecule has 2 heterocycles. The van der Waals surface area contributed by atoms with Crippen LogP contribution >= 0.6 is 22.9 Å². The van der Waals surface area contributed by atoms with E-state index >= 15 is 0 Å². The van der Waals surface area contributed by atoms with Crippen LogP contribution in [-0.2, 0) is 13.0 Å². The molecule has 0 unspecified atom stereocenters. The van der Waals surface area contributed by atoms with Gasteiger partial charge in [-0.3, -0.25) is 14.6 Å². The lowest BCUT2D eigenvalue weighted by Gasteiger charge is -2.09. The molecule has 0 fully saturated rings. The molecule has 0 atom stereocenters. The average Bonchev–Trinajstić information content (AvgIpc) is 3.12. The van der Waals surface area contributed by atoms with Crippen LogP contribution in [0, 0.1) is 13.8 Å². The number of ketones is 1. The van der Waals surface area contributed by atoms with E-state index in [-0.39, 0.29) is 11.7 Å². The highest BCUT2D eigenvalue weighted by atomic mass is 35.5. The van der Waals surface area contributed by atoms with Crippen molar-refractivity contribution in [1.82, 2.24) is 15.3 Å². The van der Waals surface area contributed by atoms with Crippen LogP contribution in [0.15, 0.2) is 42.7 Å². The molecule has 0 saturated carbocycles. The van der Waals surface area contributed by atoms with Gasteiger partial charge in [-0.15, -0.1) is 11.3 Å². The zero-order valence-corrected chi connectivity index (χ0v) is 17.2. The summed E-state index contributed by atoms with van der Waals surface area (Å²) in [6.45, 7) is 4.09. The topological polar surface area (TPSA) is 72.0 Å². The van der Waals surface area contributed by atoms with Crippen molar-refractivity contribution in [1.29, 1.82) is 0 Å². The van der Waals surface area contributed by atoms with Crippen molar-refractivity contribution in [2.45, 2.75) is 33.2 Å². The fraction of sp³-hybridized carbons (Fsp3) is 0.238. The van der Waals surface area contributed by atoms with E-state index < -0.39 is 0 Å². The first-order chi connectivity index (χ1) is 13.4. The van der Waals surface area contributed by atoms with E-state index in [2.05, 4.69) is 15.3 Å². The van der Waals surface area contributed by atoms with Crippen molar-refractivity contribution in [2.24, 2.45) is 0 Å². The molecule has 0 bridgehead atoms. The minimum atomic E-state index is -0.194. The van der Waals surface area contributed by atoms with Crippen LogP contribution in [0.5, 0.6) is 0 Å². The SMILES string of the molecule is Cc1ncc(CCC(=O)c2ccc(CNC(=O)c3cccc(Cl)c3C)cn2)s1. The van der Waals surface area contributed by atoms with Gasteiger partial charge in [-0.25, -0.2) is 4.98 Å². The maximum atomic E-state index is 12.3. The largest absolute Gasteiger partial charge is 0.348 e. The van der Waals surface area contributed by atoms with Crippen molar-refractivity contribution >= 4 is 34.6 Å². The molecule has 0 radical (unpaired) electrons. The molecule has 0 saturated heterocycles. The Kier molecular flexibility index (Phi) is 6.54. The van der Waals surface area contributed by atoms with Gasteiger partial charge in [-0.05, 0) is 49.6 Å². The highest BCUT2D eigenvalue weighted by Gasteiger charge is 2.12. The van der Waals surface area contributed by atoms with E-state index in [4.69, 9.17) is 11.6 Å². The number of nitrogens with one attached hydrogen (secondary N) is 1. The molecule has 0 aliphatic rings. The van der Waals surface area contributed by atoms with Gasteiger partial charge in [-0.1, -0.05) is 23.7 Å². The Morgan fingerprint density at radius 2 is 1.93 bits per heavy atom. The zero-order valence-electron chi connectivity index (χ0n) is 15.7. The maximum absolute atomic E-state index is 12.3. The average molecular weight is 414 g/mol. The molecule has 1 aromatic carbocycles. The Hall–Kier alpha value is -2.57. The predicted octanol–water partition coefficient (Wildman–Crippen LogP) is 4.55. The van der Waals surface area contributed by atoms with E-state index in [1.54, 1.807) is 41.8 Å². The molecule has 28 heavy (non-hydrogen) atoms. The summed E-state index contributed by atoms with van der Waals surface area (Å²) in [6.07, 6.45) is 4.50. The second-order valence-electron chi connectivity index (χ2n) is 6.42. The number of benzene rings is 1. The van der Waals surface area contributed by atoms with Crippen LogP contribution in [0.3, 0.4) is 0 Å². The Morgan fingerprint density at radius 1 is 1.11 bits per heavy atom. The summed E-state index contributed by atoms with van der Waals surface area (Å²) in [6, 6.07) is 8.75. The first-order valence-electron chi connectivity index (χ1n) is 8.87. The monoisotopic (exact) mass is 413 g/mol. The number of hydrogen-bond acceptors (Lipinski definition) is 5. The van der Waals surface area contributed by atoms with Gasteiger partial charge < -0.3 is 5.32 Å². The molecule has 144 valence electrons. The number of nitrogens with zero attached hydrogens (tertiary/aromatic N) is 2. The van der Waals surface area contributed by atoms with Gasteiger partial charge >= 0.3 is 0 Å². The third kappa shape index (κ3) is 5.03. The second kappa shape index (κ2) is 9.08. The van der Waals surface area contributed by atoms with E-state index in [0.717, 1.165) is 21.0 Å². The smallest absolute Gasteiger partial charge is 0.251 e. The van der Waals surface area contributed by atoms with E-state index in [0.29, 0.717) is 35.7 Å². The molecular formula is C21H20ClN3O2S. The van der Waals surface area contributed by atoms with Gasteiger partial charge in [-0.2, -0.15) is 0 Å². The first-order valence-corrected chi connectivity index (χ1v) is 10.1. The van der Waals surface area contributed by atoms with Crippen LogP contribution < -0.4 is 5.32 Å². The van der Waals surface area contributed by atoms with Gasteiger partial charge in [0.25, 0.3) is 5.91 Å². The summed E-state index contributed by atoms with van der Waals surface area (Å²) in [5.41, 5.74) is 2.55. The zero-order chi connectivity index (χ0) is 20.1. The molecule has 1 amide bonds. The minimum absolute atomic E-state index is 0.00353. The van der Waals surface area contributed by atoms with Gasteiger partial charge in [0.1, 0.15) is 5.69 Å². The molecular weight excluding hydrogens is 394 g/mol. The third-order valence-electron chi connectivity index (χ3n) is 4.34. The Labute approximate surface area is 172 Å². The number of thiazole rings is 1. The number of hydrogen-bond donors (Lipinski definition) is 1. The molecule has 0 spiro atoms. The van der Waals surface area contributed by atoms with Gasteiger partial charge in [0.15, 0.2) is 5.78 Å². The fourth-order valence-electron chi connectivity index (χ4n) is 2.71. The first kappa shape index (κ1) is 20.2. The maximum Gasteiger partial charge on any atom is 0.251 e. The Bertz CT molecular complexity index is 999. The summed E-state index contributed by atoms with van der Waals surface area (Å²) in [5, 5.41) is 4.41. The van der Waals surface area contributed by atoms with E-state index in [1.807, 2.05) is 26.1 Å². The Balaban J connectivity index is 1.54. The summed E-state index contributed by atoms with van der Waals surface area (Å²) < 4.78 is 0. The molecule has 0 aliphatic heterocycles. The van der Waals surface area contributed by atoms with Gasteiger partial charge in [0.05, 0.1) is 5.01 Å². The van der Waals surface area contributed by atoms with Crippen molar-refractivity contribution in [2.75, 3.05) is 0 Å². The summed E-state index contributed by atoms with van der Waals surface area (Å²) in [5.74, 6) is -0.198. The number of carbonyl (C=O) groups is 2.